The summed E-state index contributed by atoms with van der Waals surface area (Å²) in [5.74, 6) is 0. The molecule has 174 valence electrons. The molecule has 0 radical (unpaired) electrons. The van der Waals surface area contributed by atoms with Crippen LogP contribution in [0.1, 0.15) is 17.5 Å². The molecule has 0 unspecified atom stereocenters. The van der Waals surface area contributed by atoms with Gasteiger partial charge in [0.25, 0.3) is 15.7 Å². The number of nitro benzene ring substituents is 1. The van der Waals surface area contributed by atoms with Crippen LogP contribution in [-0.2, 0) is 10.0 Å². The highest BCUT2D eigenvalue weighted by atomic mass is 32.2. The highest BCUT2D eigenvalue weighted by molar-refractivity contribution is 7.92. The van der Waals surface area contributed by atoms with Crippen molar-refractivity contribution in [1.82, 2.24) is 4.98 Å². The minimum absolute atomic E-state index is 0.142. The Hall–Kier alpha value is -3.18. The van der Waals surface area contributed by atoms with E-state index in [2.05, 4.69) is 14.6 Å². The second-order valence-electron chi connectivity index (χ2n) is 7.97. The Kier molecular flexibility index (Phi) is 6.52. The van der Waals surface area contributed by atoms with Gasteiger partial charge >= 0.3 is 0 Å². The van der Waals surface area contributed by atoms with Crippen LogP contribution in [0.15, 0.2) is 52.9 Å². The third kappa shape index (κ3) is 5.09. The summed E-state index contributed by atoms with van der Waals surface area (Å²) < 4.78 is 28.5. The van der Waals surface area contributed by atoms with Crippen LogP contribution in [0, 0.1) is 24.0 Å². The fourth-order valence-corrected chi connectivity index (χ4v) is 5.78. The van der Waals surface area contributed by atoms with Crippen molar-refractivity contribution in [3.63, 3.8) is 0 Å². The number of aryl methyl sites for hydroxylation is 2. The molecule has 1 aliphatic rings. The number of thiazole rings is 1. The molecule has 1 aromatic heterocycles. The summed E-state index contributed by atoms with van der Waals surface area (Å²) in [5, 5.41) is 14.7. The van der Waals surface area contributed by atoms with E-state index in [1.54, 1.807) is 23.6 Å². The summed E-state index contributed by atoms with van der Waals surface area (Å²) in [7, 11) is -3.99. The molecule has 2 heterocycles. The van der Waals surface area contributed by atoms with Gasteiger partial charge in [0, 0.05) is 43.8 Å². The van der Waals surface area contributed by atoms with Crippen LogP contribution in [0.2, 0.25) is 0 Å². The fraction of sp³-hybridized carbons (Fsp3) is 0.318. The van der Waals surface area contributed by atoms with Crippen molar-refractivity contribution >= 4 is 43.6 Å². The highest BCUT2D eigenvalue weighted by Gasteiger charge is 2.26. The van der Waals surface area contributed by atoms with Gasteiger partial charge in [-0.15, -0.1) is 11.3 Å². The number of hydrogen-bond acceptors (Lipinski definition) is 8. The van der Waals surface area contributed by atoms with E-state index in [9.17, 15) is 18.5 Å². The number of hydrogen-bond donors (Lipinski definition) is 1. The summed E-state index contributed by atoms with van der Waals surface area (Å²) in [4.78, 5) is 19.7. The zero-order valence-electron chi connectivity index (χ0n) is 18.4. The maximum atomic E-state index is 13.0. The summed E-state index contributed by atoms with van der Waals surface area (Å²) in [6, 6.07) is 9.48. The molecule has 0 amide bonds. The molecule has 4 rings (SSSR count). The summed E-state index contributed by atoms with van der Waals surface area (Å²) in [6.07, 6.45) is 2.57. The Balaban J connectivity index is 1.59. The van der Waals surface area contributed by atoms with Gasteiger partial charge in [-0.1, -0.05) is 17.7 Å². The first-order chi connectivity index (χ1) is 15.7. The maximum Gasteiger partial charge on any atom is 0.293 e. The molecular formula is C22H25N5O4S2. The molecule has 33 heavy (non-hydrogen) atoms. The van der Waals surface area contributed by atoms with Crippen LogP contribution in [0.5, 0.6) is 0 Å². The number of nitrogens with zero attached hydrogens (tertiary/aromatic N) is 4. The second-order valence-corrected chi connectivity index (χ2v) is 10.5. The van der Waals surface area contributed by atoms with Crippen LogP contribution >= 0.6 is 11.3 Å². The number of aromatic nitrogens is 1. The lowest BCUT2D eigenvalue weighted by Gasteiger charge is -2.23. The first-order valence-corrected chi connectivity index (χ1v) is 12.9. The van der Waals surface area contributed by atoms with E-state index in [0.29, 0.717) is 31.0 Å². The van der Waals surface area contributed by atoms with Crippen LogP contribution in [0.3, 0.4) is 0 Å². The lowest BCUT2D eigenvalue weighted by atomic mass is 10.1. The zero-order valence-corrected chi connectivity index (χ0v) is 20.0. The van der Waals surface area contributed by atoms with Gasteiger partial charge in [-0.25, -0.2) is 13.4 Å². The van der Waals surface area contributed by atoms with Crippen LogP contribution < -0.4 is 14.5 Å². The minimum Gasteiger partial charge on any atom is -0.364 e. The van der Waals surface area contributed by atoms with E-state index in [4.69, 9.17) is 0 Å². The molecule has 0 bridgehead atoms. The Morgan fingerprint density at radius 3 is 2.52 bits per heavy atom. The predicted octanol–water partition coefficient (Wildman–Crippen LogP) is 4.19. The normalized spacial score (nSPS) is 14.7. The third-order valence-electron chi connectivity index (χ3n) is 5.61. The van der Waals surface area contributed by atoms with Crippen molar-refractivity contribution in [3.05, 3.63) is 69.2 Å². The molecule has 0 atom stereocenters. The number of benzene rings is 2. The summed E-state index contributed by atoms with van der Waals surface area (Å²) in [5.41, 5.74) is 2.44. The van der Waals surface area contributed by atoms with Gasteiger partial charge in [0.05, 0.1) is 15.5 Å². The van der Waals surface area contributed by atoms with Crippen LogP contribution in [-0.4, -0.2) is 44.5 Å². The molecule has 11 heteroatoms. The fourth-order valence-electron chi connectivity index (χ4n) is 3.94. The van der Waals surface area contributed by atoms with Crippen LogP contribution in [0.25, 0.3) is 0 Å². The second kappa shape index (κ2) is 9.36. The van der Waals surface area contributed by atoms with Crippen molar-refractivity contribution in [1.29, 1.82) is 0 Å². The van der Waals surface area contributed by atoms with Crippen molar-refractivity contribution < 1.29 is 13.3 Å². The Morgan fingerprint density at radius 1 is 1.06 bits per heavy atom. The lowest BCUT2D eigenvalue weighted by Crippen LogP contribution is -2.31. The molecule has 1 fully saturated rings. The van der Waals surface area contributed by atoms with Gasteiger partial charge in [-0.2, -0.15) is 0 Å². The molecule has 1 N–H and O–H groups in total. The Bertz CT molecular complexity index is 1260. The summed E-state index contributed by atoms with van der Waals surface area (Å²) in [6.45, 7) is 6.43. The topological polar surface area (TPSA) is 109 Å². The third-order valence-corrected chi connectivity index (χ3v) is 7.80. The molecule has 3 aromatic rings. The van der Waals surface area contributed by atoms with Crippen molar-refractivity contribution in [3.8, 4) is 0 Å². The number of sulfonamides is 1. The minimum atomic E-state index is -3.99. The van der Waals surface area contributed by atoms with Gasteiger partial charge in [0.2, 0.25) is 0 Å². The molecule has 0 aliphatic carbocycles. The highest BCUT2D eigenvalue weighted by Crippen LogP contribution is 2.33. The van der Waals surface area contributed by atoms with E-state index in [1.165, 1.54) is 12.1 Å². The Labute approximate surface area is 196 Å². The number of rotatable bonds is 6. The van der Waals surface area contributed by atoms with Crippen LogP contribution in [0.4, 0.5) is 22.2 Å². The van der Waals surface area contributed by atoms with Gasteiger partial charge in [-0.3, -0.25) is 14.8 Å². The predicted molar refractivity (Wildman–Crippen MR) is 131 cm³/mol. The molecule has 1 saturated heterocycles. The van der Waals surface area contributed by atoms with E-state index < -0.39 is 14.9 Å². The smallest absolute Gasteiger partial charge is 0.293 e. The molecule has 0 saturated carbocycles. The number of nitro groups is 1. The first-order valence-electron chi connectivity index (χ1n) is 10.5. The van der Waals surface area contributed by atoms with Crippen molar-refractivity contribution in [2.24, 2.45) is 0 Å². The molecule has 0 spiro atoms. The average Bonchev–Trinajstić information content (AvgIpc) is 3.20. The van der Waals surface area contributed by atoms with E-state index in [-0.39, 0.29) is 10.6 Å². The van der Waals surface area contributed by atoms with E-state index in [0.717, 1.165) is 35.3 Å². The number of anilines is 3. The quantitative estimate of drug-likeness (QED) is 0.410. The average molecular weight is 488 g/mol. The number of nitrogens with one attached hydrogen (secondary N) is 1. The monoisotopic (exact) mass is 487 g/mol. The maximum absolute atomic E-state index is 13.0. The zero-order chi connectivity index (χ0) is 23.6. The van der Waals surface area contributed by atoms with Gasteiger partial charge in [-0.05, 0) is 44.0 Å². The molecular weight excluding hydrogens is 462 g/mol. The van der Waals surface area contributed by atoms with Gasteiger partial charge in [0.1, 0.15) is 5.69 Å². The molecule has 9 nitrogen and oxygen atoms in total. The van der Waals surface area contributed by atoms with Crippen molar-refractivity contribution in [2.45, 2.75) is 25.2 Å². The lowest BCUT2D eigenvalue weighted by molar-refractivity contribution is -0.384. The van der Waals surface area contributed by atoms with Gasteiger partial charge < -0.3 is 9.80 Å². The standard InChI is InChI=1S/C22H25N5O4S2/c1-16-4-6-19(17(2)14-16)24-33(30,31)18-5-7-20(21(15-18)27(28)29)25-9-3-10-26(12-11-25)22-23-8-13-32-22/h4-8,13-15,24H,3,9-12H2,1-2H3. The Morgan fingerprint density at radius 2 is 1.82 bits per heavy atom. The summed E-state index contributed by atoms with van der Waals surface area (Å²) >= 11 is 1.57. The van der Waals surface area contributed by atoms with E-state index in [1.807, 2.05) is 36.3 Å². The molecule has 2 aromatic carbocycles. The van der Waals surface area contributed by atoms with Gasteiger partial charge in [0.15, 0.2) is 5.13 Å². The van der Waals surface area contributed by atoms with Crippen molar-refractivity contribution in [2.75, 3.05) is 40.7 Å². The first kappa shape index (κ1) is 23.0. The molecule has 1 aliphatic heterocycles. The van der Waals surface area contributed by atoms with E-state index >= 15 is 0 Å². The SMILES string of the molecule is Cc1ccc(NS(=O)(=O)c2ccc(N3CCCN(c4nccs4)CC3)c([N+](=O)[O-])c2)c(C)c1. The largest absolute Gasteiger partial charge is 0.364 e.